The van der Waals surface area contributed by atoms with E-state index in [0.717, 1.165) is 6.33 Å². The van der Waals surface area contributed by atoms with Crippen LogP contribution < -0.4 is 0 Å². The summed E-state index contributed by atoms with van der Waals surface area (Å²) in [5.41, 5.74) is -0.585. The van der Waals surface area contributed by atoms with Crippen LogP contribution in [0.2, 0.25) is 0 Å². The Morgan fingerprint density at radius 1 is 1.00 bits per heavy atom. The van der Waals surface area contributed by atoms with Crippen LogP contribution in [0.5, 0.6) is 0 Å². The van der Waals surface area contributed by atoms with E-state index in [4.69, 9.17) is 0 Å². The van der Waals surface area contributed by atoms with Crippen LogP contribution in [0, 0.1) is 0 Å². The number of hydrogen-bond acceptors (Lipinski definition) is 2. The number of fused-ring (bicyclic) bond motifs is 1. The minimum atomic E-state index is -4.43. The van der Waals surface area contributed by atoms with Crippen LogP contribution in [0.4, 0.5) is 13.2 Å². The third-order valence-electron chi connectivity index (χ3n) is 1.81. The predicted octanol–water partition coefficient (Wildman–Crippen LogP) is 2.65. The van der Waals surface area contributed by atoms with E-state index in [2.05, 4.69) is 9.97 Å². The van der Waals surface area contributed by atoms with Crippen molar-refractivity contribution in [1.82, 2.24) is 9.97 Å². The molecule has 72 valence electrons. The molecule has 1 aromatic heterocycles. The first-order valence-electron chi connectivity index (χ1n) is 3.86. The first-order valence-corrected chi connectivity index (χ1v) is 3.86. The molecule has 0 bridgehead atoms. The van der Waals surface area contributed by atoms with E-state index in [1.165, 1.54) is 18.2 Å². The highest BCUT2D eigenvalue weighted by Crippen LogP contribution is 2.31. The Hall–Kier alpha value is -1.65. The van der Waals surface area contributed by atoms with E-state index < -0.39 is 11.9 Å². The molecule has 0 saturated carbocycles. The van der Waals surface area contributed by atoms with Gasteiger partial charge in [-0.1, -0.05) is 18.2 Å². The standard InChI is InChI=1S/C9H5F3N2/c10-9(11,12)8-6-3-1-2-4-7(6)13-5-14-8/h1-5H. The molecule has 0 atom stereocenters. The van der Waals surface area contributed by atoms with Gasteiger partial charge in [-0.25, -0.2) is 9.97 Å². The summed E-state index contributed by atoms with van der Waals surface area (Å²) < 4.78 is 37.3. The number of benzene rings is 1. The summed E-state index contributed by atoms with van der Waals surface area (Å²) in [7, 11) is 0. The van der Waals surface area contributed by atoms with Crippen molar-refractivity contribution in [2.75, 3.05) is 0 Å². The van der Waals surface area contributed by atoms with Gasteiger partial charge in [0, 0.05) is 5.39 Å². The summed E-state index contributed by atoms with van der Waals surface area (Å²) in [6.07, 6.45) is -3.51. The van der Waals surface area contributed by atoms with E-state index >= 15 is 0 Å². The lowest BCUT2D eigenvalue weighted by atomic mass is 10.2. The summed E-state index contributed by atoms with van der Waals surface area (Å²) in [6, 6.07) is 6.04. The zero-order valence-electron chi connectivity index (χ0n) is 6.92. The Morgan fingerprint density at radius 2 is 1.71 bits per heavy atom. The lowest BCUT2D eigenvalue weighted by Crippen LogP contribution is -2.08. The van der Waals surface area contributed by atoms with Crippen LogP contribution in [0.3, 0.4) is 0 Å². The van der Waals surface area contributed by atoms with Gasteiger partial charge in [-0.15, -0.1) is 0 Å². The van der Waals surface area contributed by atoms with E-state index in [1.807, 2.05) is 0 Å². The Morgan fingerprint density at radius 3 is 2.43 bits per heavy atom. The minimum absolute atomic E-state index is 0.0301. The van der Waals surface area contributed by atoms with Crippen molar-refractivity contribution in [3.8, 4) is 0 Å². The van der Waals surface area contributed by atoms with Gasteiger partial charge in [-0.2, -0.15) is 13.2 Å². The molecule has 2 rings (SSSR count). The Bertz CT molecular complexity index is 460. The van der Waals surface area contributed by atoms with Crippen molar-refractivity contribution in [2.24, 2.45) is 0 Å². The average molecular weight is 198 g/mol. The third-order valence-corrected chi connectivity index (χ3v) is 1.81. The Kier molecular flexibility index (Phi) is 1.87. The molecule has 1 heterocycles. The quantitative estimate of drug-likeness (QED) is 0.650. The topological polar surface area (TPSA) is 25.8 Å². The van der Waals surface area contributed by atoms with Gasteiger partial charge in [0.15, 0.2) is 5.69 Å². The molecule has 0 fully saturated rings. The lowest BCUT2D eigenvalue weighted by molar-refractivity contribution is -0.139. The van der Waals surface area contributed by atoms with Crippen molar-refractivity contribution in [1.29, 1.82) is 0 Å². The van der Waals surface area contributed by atoms with E-state index in [0.29, 0.717) is 5.52 Å². The second kappa shape index (κ2) is 2.94. The first kappa shape index (κ1) is 8.93. The third kappa shape index (κ3) is 1.41. The predicted molar refractivity (Wildman–Crippen MR) is 44.5 cm³/mol. The van der Waals surface area contributed by atoms with Crippen molar-refractivity contribution >= 4 is 10.9 Å². The molecular formula is C9H5F3N2. The van der Waals surface area contributed by atoms with Crippen LogP contribution in [-0.2, 0) is 6.18 Å². The maximum absolute atomic E-state index is 12.4. The molecule has 0 aliphatic heterocycles. The van der Waals surface area contributed by atoms with Gasteiger partial charge in [-0.3, -0.25) is 0 Å². The zero-order valence-corrected chi connectivity index (χ0v) is 6.92. The number of halogens is 3. The summed E-state index contributed by atoms with van der Waals surface area (Å²) in [5.74, 6) is 0. The minimum Gasteiger partial charge on any atom is -0.236 e. The SMILES string of the molecule is FC(F)(F)c1ncnc2ccccc12. The van der Waals surface area contributed by atoms with Gasteiger partial charge in [0.1, 0.15) is 6.33 Å². The molecule has 1 aromatic carbocycles. The van der Waals surface area contributed by atoms with Gasteiger partial charge in [0.2, 0.25) is 0 Å². The molecule has 0 radical (unpaired) electrons. The normalized spacial score (nSPS) is 11.9. The lowest BCUT2D eigenvalue weighted by Gasteiger charge is -2.07. The van der Waals surface area contributed by atoms with Crippen molar-refractivity contribution in [2.45, 2.75) is 6.18 Å². The van der Waals surface area contributed by atoms with Gasteiger partial charge in [0.05, 0.1) is 5.52 Å². The molecule has 0 aliphatic rings. The van der Waals surface area contributed by atoms with E-state index in [9.17, 15) is 13.2 Å². The maximum atomic E-state index is 12.4. The summed E-state index contributed by atoms with van der Waals surface area (Å²) in [5, 5.41) is 0.0301. The monoisotopic (exact) mass is 198 g/mol. The fourth-order valence-electron chi connectivity index (χ4n) is 1.23. The molecule has 0 unspecified atom stereocenters. The molecule has 5 heteroatoms. The largest absolute Gasteiger partial charge is 0.434 e. The molecule has 0 saturated heterocycles. The van der Waals surface area contributed by atoms with Crippen molar-refractivity contribution in [3.63, 3.8) is 0 Å². The molecule has 14 heavy (non-hydrogen) atoms. The highest BCUT2D eigenvalue weighted by molar-refractivity contribution is 5.80. The van der Waals surface area contributed by atoms with Crippen LogP contribution >= 0.6 is 0 Å². The number of hydrogen-bond donors (Lipinski definition) is 0. The van der Waals surface area contributed by atoms with Crippen LogP contribution in [-0.4, -0.2) is 9.97 Å². The average Bonchev–Trinajstić information content (AvgIpc) is 2.15. The number of nitrogens with zero attached hydrogens (tertiary/aromatic N) is 2. The van der Waals surface area contributed by atoms with Crippen molar-refractivity contribution in [3.05, 3.63) is 36.3 Å². The second-order valence-electron chi connectivity index (χ2n) is 2.74. The van der Waals surface area contributed by atoms with E-state index in [-0.39, 0.29) is 5.39 Å². The molecule has 2 aromatic rings. The van der Waals surface area contributed by atoms with Crippen LogP contribution in [0.25, 0.3) is 10.9 Å². The van der Waals surface area contributed by atoms with E-state index in [1.54, 1.807) is 6.07 Å². The molecular weight excluding hydrogens is 193 g/mol. The fraction of sp³-hybridized carbons (Fsp3) is 0.111. The summed E-state index contributed by atoms with van der Waals surface area (Å²) in [4.78, 5) is 6.99. The number of aromatic nitrogens is 2. The second-order valence-corrected chi connectivity index (χ2v) is 2.74. The Balaban J connectivity index is 2.78. The zero-order chi connectivity index (χ0) is 10.2. The van der Waals surface area contributed by atoms with Gasteiger partial charge in [-0.05, 0) is 6.07 Å². The van der Waals surface area contributed by atoms with Gasteiger partial charge in [0.25, 0.3) is 0 Å². The highest BCUT2D eigenvalue weighted by atomic mass is 19.4. The van der Waals surface area contributed by atoms with Gasteiger partial charge < -0.3 is 0 Å². The molecule has 2 nitrogen and oxygen atoms in total. The molecule has 0 aliphatic carbocycles. The van der Waals surface area contributed by atoms with Gasteiger partial charge >= 0.3 is 6.18 Å². The van der Waals surface area contributed by atoms with Crippen LogP contribution in [0.1, 0.15) is 5.69 Å². The maximum Gasteiger partial charge on any atom is 0.434 e. The smallest absolute Gasteiger partial charge is 0.236 e. The highest BCUT2D eigenvalue weighted by Gasteiger charge is 2.34. The number of rotatable bonds is 0. The number of para-hydroxylation sites is 1. The molecule has 0 amide bonds. The molecule has 0 N–H and O–H groups in total. The molecule has 0 spiro atoms. The summed E-state index contributed by atoms with van der Waals surface area (Å²) in [6.45, 7) is 0. The summed E-state index contributed by atoms with van der Waals surface area (Å²) >= 11 is 0. The Labute approximate surface area is 77.4 Å². The first-order chi connectivity index (χ1) is 6.59. The number of alkyl halides is 3. The fourth-order valence-corrected chi connectivity index (χ4v) is 1.23. The van der Waals surface area contributed by atoms with Crippen LogP contribution in [0.15, 0.2) is 30.6 Å². The van der Waals surface area contributed by atoms with Crippen molar-refractivity contribution < 1.29 is 13.2 Å².